The summed E-state index contributed by atoms with van der Waals surface area (Å²) in [6, 6.07) is 4.09. The lowest BCUT2D eigenvalue weighted by atomic mass is 10.3. The van der Waals surface area contributed by atoms with Gasteiger partial charge in [-0.25, -0.2) is 0 Å². The Morgan fingerprint density at radius 2 is 2.17 bits per heavy atom. The van der Waals surface area contributed by atoms with Crippen LogP contribution in [0.3, 0.4) is 0 Å². The molecule has 0 aliphatic heterocycles. The lowest BCUT2D eigenvalue weighted by Gasteiger charge is -2.10. The molecular weight excluding hydrogens is 292 g/mol. The summed E-state index contributed by atoms with van der Waals surface area (Å²) in [6.07, 6.45) is 3.00. The SMILES string of the molecule is CCc1nn(CC)c(Cn2cccc2CN)c1Br. The molecule has 5 heteroatoms. The molecule has 4 nitrogen and oxygen atoms in total. The summed E-state index contributed by atoms with van der Waals surface area (Å²) >= 11 is 3.67. The number of aryl methyl sites for hydroxylation is 2. The predicted molar refractivity (Wildman–Crippen MR) is 76.4 cm³/mol. The van der Waals surface area contributed by atoms with Crippen molar-refractivity contribution in [1.82, 2.24) is 14.3 Å². The van der Waals surface area contributed by atoms with E-state index >= 15 is 0 Å². The van der Waals surface area contributed by atoms with Crippen LogP contribution in [0, 0.1) is 0 Å². The summed E-state index contributed by atoms with van der Waals surface area (Å²) in [5.41, 5.74) is 9.20. The molecular formula is C13H19BrN4. The molecule has 0 atom stereocenters. The monoisotopic (exact) mass is 310 g/mol. The molecule has 18 heavy (non-hydrogen) atoms. The Balaban J connectivity index is 2.36. The van der Waals surface area contributed by atoms with Crippen LogP contribution in [0.1, 0.15) is 30.9 Å². The van der Waals surface area contributed by atoms with Crippen LogP contribution in [0.15, 0.2) is 22.8 Å². The van der Waals surface area contributed by atoms with E-state index in [-0.39, 0.29) is 0 Å². The van der Waals surface area contributed by atoms with Gasteiger partial charge in [-0.1, -0.05) is 6.92 Å². The summed E-state index contributed by atoms with van der Waals surface area (Å²) < 4.78 is 5.36. The highest BCUT2D eigenvalue weighted by molar-refractivity contribution is 9.10. The zero-order chi connectivity index (χ0) is 13.1. The Hall–Kier alpha value is -1.07. The summed E-state index contributed by atoms with van der Waals surface area (Å²) in [5, 5.41) is 4.61. The number of nitrogens with zero attached hydrogens (tertiary/aromatic N) is 3. The number of rotatable bonds is 5. The van der Waals surface area contributed by atoms with Crippen molar-refractivity contribution in [3.05, 3.63) is 39.9 Å². The number of nitrogens with two attached hydrogens (primary N) is 1. The van der Waals surface area contributed by atoms with Crippen molar-refractivity contribution in [2.45, 2.75) is 39.9 Å². The molecule has 2 aromatic rings. The number of hydrogen-bond donors (Lipinski definition) is 1. The minimum Gasteiger partial charge on any atom is -0.344 e. The number of aromatic nitrogens is 3. The van der Waals surface area contributed by atoms with Gasteiger partial charge in [-0.15, -0.1) is 0 Å². The molecule has 98 valence electrons. The second-order valence-electron chi connectivity index (χ2n) is 4.21. The second-order valence-corrected chi connectivity index (χ2v) is 5.00. The van der Waals surface area contributed by atoms with E-state index in [1.54, 1.807) is 0 Å². The quantitative estimate of drug-likeness (QED) is 0.922. The molecule has 0 aliphatic rings. The molecule has 0 spiro atoms. The van der Waals surface area contributed by atoms with Gasteiger partial charge in [0.15, 0.2) is 0 Å². The fraction of sp³-hybridized carbons (Fsp3) is 0.462. The summed E-state index contributed by atoms with van der Waals surface area (Å²) in [6.45, 7) is 6.49. The fourth-order valence-corrected chi connectivity index (χ4v) is 2.81. The van der Waals surface area contributed by atoms with Gasteiger partial charge < -0.3 is 10.3 Å². The van der Waals surface area contributed by atoms with Crippen molar-refractivity contribution < 1.29 is 0 Å². The minimum absolute atomic E-state index is 0.561. The maximum atomic E-state index is 5.73. The van der Waals surface area contributed by atoms with Gasteiger partial charge in [-0.3, -0.25) is 4.68 Å². The second kappa shape index (κ2) is 5.71. The topological polar surface area (TPSA) is 48.8 Å². The lowest BCUT2D eigenvalue weighted by Crippen LogP contribution is -2.11. The third kappa shape index (κ3) is 2.37. The van der Waals surface area contributed by atoms with Crippen LogP contribution < -0.4 is 5.73 Å². The van der Waals surface area contributed by atoms with Crippen molar-refractivity contribution in [3.8, 4) is 0 Å². The molecule has 0 aliphatic carbocycles. The van der Waals surface area contributed by atoms with Crippen molar-refractivity contribution >= 4 is 15.9 Å². The zero-order valence-corrected chi connectivity index (χ0v) is 12.4. The van der Waals surface area contributed by atoms with Crippen LogP contribution in [-0.4, -0.2) is 14.3 Å². The first-order valence-corrected chi connectivity index (χ1v) is 7.08. The highest BCUT2D eigenvalue weighted by Gasteiger charge is 2.14. The highest BCUT2D eigenvalue weighted by Crippen LogP contribution is 2.23. The van der Waals surface area contributed by atoms with Crippen molar-refractivity contribution in [3.63, 3.8) is 0 Å². The van der Waals surface area contributed by atoms with E-state index in [1.165, 1.54) is 5.69 Å². The third-order valence-electron chi connectivity index (χ3n) is 3.15. The molecule has 0 saturated carbocycles. The molecule has 2 heterocycles. The molecule has 0 amide bonds. The summed E-state index contributed by atoms with van der Waals surface area (Å²) in [5.74, 6) is 0. The minimum atomic E-state index is 0.561. The Morgan fingerprint density at radius 3 is 2.78 bits per heavy atom. The van der Waals surface area contributed by atoms with Gasteiger partial charge in [0.2, 0.25) is 0 Å². The van der Waals surface area contributed by atoms with E-state index in [0.29, 0.717) is 6.54 Å². The van der Waals surface area contributed by atoms with E-state index in [2.05, 4.69) is 56.4 Å². The molecule has 2 rings (SSSR count). The molecule has 0 aromatic carbocycles. The first-order valence-electron chi connectivity index (χ1n) is 6.29. The molecule has 0 unspecified atom stereocenters. The average molecular weight is 311 g/mol. The van der Waals surface area contributed by atoms with Crippen LogP contribution in [0.4, 0.5) is 0 Å². The largest absolute Gasteiger partial charge is 0.344 e. The molecule has 0 bridgehead atoms. The summed E-state index contributed by atoms with van der Waals surface area (Å²) in [4.78, 5) is 0. The van der Waals surface area contributed by atoms with Gasteiger partial charge in [-0.05, 0) is 41.4 Å². The zero-order valence-electron chi connectivity index (χ0n) is 10.9. The molecule has 2 aromatic heterocycles. The number of halogens is 1. The van der Waals surface area contributed by atoms with Gasteiger partial charge >= 0.3 is 0 Å². The van der Waals surface area contributed by atoms with Gasteiger partial charge in [0.25, 0.3) is 0 Å². The normalized spacial score (nSPS) is 11.1. The predicted octanol–water partition coefficient (Wildman–Crippen LogP) is 2.54. The standard InChI is InChI=1S/C13H19BrN4/c1-3-11-13(14)12(18(4-2)16-11)9-17-7-5-6-10(17)8-15/h5-7H,3-4,8-9,15H2,1-2H3. The van der Waals surface area contributed by atoms with Crippen LogP contribution in [0.2, 0.25) is 0 Å². The van der Waals surface area contributed by atoms with Gasteiger partial charge in [0.1, 0.15) is 0 Å². The highest BCUT2D eigenvalue weighted by atomic mass is 79.9. The smallest absolute Gasteiger partial charge is 0.0767 e. The van der Waals surface area contributed by atoms with E-state index < -0.39 is 0 Å². The maximum absolute atomic E-state index is 5.73. The van der Waals surface area contributed by atoms with Gasteiger partial charge in [-0.2, -0.15) is 5.10 Å². The fourth-order valence-electron chi connectivity index (χ4n) is 2.12. The van der Waals surface area contributed by atoms with Gasteiger partial charge in [0.05, 0.1) is 22.4 Å². The van der Waals surface area contributed by atoms with Crippen LogP contribution in [0.25, 0.3) is 0 Å². The average Bonchev–Trinajstić information content (AvgIpc) is 2.95. The Kier molecular flexibility index (Phi) is 4.24. The molecule has 0 saturated heterocycles. The van der Waals surface area contributed by atoms with Crippen molar-refractivity contribution in [2.24, 2.45) is 5.73 Å². The molecule has 0 fully saturated rings. The van der Waals surface area contributed by atoms with E-state index in [1.807, 2.05) is 6.07 Å². The van der Waals surface area contributed by atoms with E-state index in [9.17, 15) is 0 Å². The van der Waals surface area contributed by atoms with Crippen LogP contribution in [-0.2, 0) is 26.1 Å². The van der Waals surface area contributed by atoms with Crippen LogP contribution >= 0.6 is 15.9 Å². The van der Waals surface area contributed by atoms with E-state index in [4.69, 9.17) is 5.73 Å². The summed E-state index contributed by atoms with van der Waals surface area (Å²) in [7, 11) is 0. The lowest BCUT2D eigenvalue weighted by molar-refractivity contribution is 0.588. The molecule has 2 N–H and O–H groups in total. The first-order chi connectivity index (χ1) is 8.71. The Labute approximate surface area is 116 Å². The third-order valence-corrected chi connectivity index (χ3v) is 4.06. The van der Waals surface area contributed by atoms with Gasteiger partial charge in [0, 0.05) is 25.0 Å². The maximum Gasteiger partial charge on any atom is 0.0767 e. The van der Waals surface area contributed by atoms with E-state index in [0.717, 1.165) is 35.4 Å². The van der Waals surface area contributed by atoms with Crippen molar-refractivity contribution in [2.75, 3.05) is 0 Å². The Morgan fingerprint density at radius 1 is 1.39 bits per heavy atom. The Bertz CT molecular complexity index is 527. The molecule has 0 radical (unpaired) electrons. The van der Waals surface area contributed by atoms with Crippen molar-refractivity contribution in [1.29, 1.82) is 0 Å². The number of hydrogen-bond acceptors (Lipinski definition) is 2. The van der Waals surface area contributed by atoms with Crippen LogP contribution in [0.5, 0.6) is 0 Å². The first kappa shape index (κ1) is 13.4.